The van der Waals surface area contributed by atoms with Crippen LogP contribution in [-0.2, 0) is 4.79 Å². The molecular weight excluding hydrogens is 472 g/mol. The van der Waals surface area contributed by atoms with Gasteiger partial charge in [0.1, 0.15) is 5.78 Å². The Morgan fingerprint density at radius 2 is 0.692 bits per heavy atom. The number of rotatable bonds is 18. The van der Waals surface area contributed by atoms with Crippen LogP contribution in [0.1, 0.15) is 239 Å². The van der Waals surface area contributed by atoms with Crippen molar-refractivity contribution in [1.82, 2.24) is 0 Å². The highest BCUT2D eigenvalue weighted by Crippen LogP contribution is 2.13. The van der Waals surface area contributed by atoms with E-state index in [4.69, 9.17) is 0 Å². The van der Waals surface area contributed by atoms with Crippen LogP contribution in [0.25, 0.3) is 0 Å². The molecule has 1 heteroatoms. The van der Waals surface area contributed by atoms with Crippen molar-refractivity contribution in [3.63, 3.8) is 0 Å². The minimum Gasteiger partial charge on any atom is -0.300 e. The van der Waals surface area contributed by atoms with Gasteiger partial charge in [0.25, 0.3) is 0 Å². The molecule has 0 fully saturated rings. The first-order valence-corrected chi connectivity index (χ1v) is 18.4. The van der Waals surface area contributed by atoms with Crippen LogP contribution in [0.4, 0.5) is 0 Å². The lowest BCUT2D eigenvalue weighted by molar-refractivity contribution is -0.119. The van der Waals surface area contributed by atoms with Crippen LogP contribution < -0.4 is 0 Å². The molecular formula is C38H88O. The minimum atomic E-state index is 0.485. The SMILES string of the molecule is CC.CC.CCC.CCC.CCC.CCCCCCCC(C)CC.CCCCCCCCC(=O)CCCCC. The maximum atomic E-state index is 11.4. The summed E-state index contributed by atoms with van der Waals surface area (Å²) < 4.78 is 0. The maximum Gasteiger partial charge on any atom is 0.132 e. The van der Waals surface area contributed by atoms with Gasteiger partial charge in [0.15, 0.2) is 0 Å². The number of Topliss-reactive ketones (excluding diaryl/α,β-unsaturated/α-hetero) is 1. The molecule has 0 spiro atoms. The van der Waals surface area contributed by atoms with Gasteiger partial charge in [-0.25, -0.2) is 0 Å². The van der Waals surface area contributed by atoms with Gasteiger partial charge in [0, 0.05) is 12.8 Å². The van der Waals surface area contributed by atoms with Crippen molar-refractivity contribution in [1.29, 1.82) is 0 Å². The number of hydrogen-bond donors (Lipinski definition) is 0. The average molecular weight is 561 g/mol. The van der Waals surface area contributed by atoms with Crippen LogP contribution in [0.15, 0.2) is 0 Å². The first kappa shape index (κ1) is 54.7. The first-order valence-electron chi connectivity index (χ1n) is 18.4. The molecule has 246 valence electrons. The average Bonchev–Trinajstić information content (AvgIpc) is 2.94. The molecule has 0 aliphatic carbocycles. The van der Waals surface area contributed by atoms with E-state index in [2.05, 4.69) is 76.2 Å². The Hall–Kier alpha value is -0.330. The van der Waals surface area contributed by atoms with Gasteiger partial charge in [-0.2, -0.15) is 0 Å². The molecule has 0 aromatic carbocycles. The van der Waals surface area contributed by atoms with Gasteiger partial charge in [0.05, 0.1) is 0 Å². The van der Waals surface area contributed by atoms with E-state index in [9.17, 15) is 4.79 Å². The van der Waals surface area contributed by atoms with Gasteiger partial charge in [-0.1, -0.05) is 213 Å². The second kappa shape index (κ2) is 71.2. The van der Waals surface area contributed by atoms with Crippen molar-refractivity contribution < 1.29 is 4.79 Å². The monoisotopic (exact) mass is 561 g/mol. The molecule has 0 heterocycles. The molecule has 0 amide bonds. The third kappa shape index (κ3) is 102. The highest BCUT2D eigenvalue weighted by Gasteiger charge is 2.01. The standard InChI is InChI=1S/C14H28O.C11H24.3C3H8.2C2H6/c1-3-5-7-8-9-11-13-14(15)12-10-6-4-2;1-4-6-7-8-9-10-11(3)5-2;3*1-3-2;2*1-2/h3-13H2,1-2H3;11H,4-10H2,1-3H3;3*3H2,1-2H3;2*1-2H3. The largest absolute Gasteiger partial charge is 0.300 e. The summed E-state index contributed by atoms with van der Waals surface area (Å²) in [4.78, 5) is 11.4. The molecule has 39 heavy (non-hydrogen) atoms. The molecule has 0 aromatic rings. The summed E-state index contributed by atoms with van der Waals surface area (Å²) >= 11 is 0. The summed E-state index contributed by atoms with van der Waals surface area (Å²) in [6, 6.07) is 0. The molecule has 0 radical (unpaired) electrons. The molecule has 1 unspecified atom stereocenters. The number of ketones is 1. The van der Waals surface area contributed by atoms with Crippen molar-refractivity contribution in [3.8, 4) is 0 Å². The van der Waals surface area contributed by atoms with Crippen LogP contribution in [-0.4, -0.2) is 5.78 Å². The predicted octanol–water partition coefficient (Wildman–Crippen LogP) is 15.6. The molecule has 0 aromatic heterocycles. The van der Waals surface area contributed by atoms with Gasteiger partial charge in [-0.3, -0.25) is 4.79 Å². The molecule has 0 aliphatic heterocycles. The predicted molar refractivity (Wildman–Crippen MR) is 191 cm³/mol. The Kier molecular flexibility index (Phi) is 99.9. The third-order valence-corrected chi connectivity index (χ3v) is 5.37. The smallest absolute Gasteiger partial charge is 0.132 e. The second-order valence-corrected chi connectivity index (χ2v) is 10.4. The fourth-order valence-corrected chi connectivity index (χ4v) is 3.10. The molecule has 0 rings (SSSR count). The van der Waals surface area contributed by atoms with E-state index < -0.39 is 0 Å². The Morgan fingerprint density at radius 1 is 0.436 bits per heavy atom. The second-order valence-electron chi connectivity index (χ2n) is 10.4. The van der Waals surface area contributed by atoms with Crippen molar-refractivity contribution >= 4 is 5.78 Å². The Morgan fingerprint density at radius 3 is 1.03 bits per heavy atom. The summed E-state index contributed by atoms with van der Waals surface area (Å²) in [5, 5.41) is 0. The van der Waals surface area contributed by atoms with Crippen molar-refractivity contribution in [2.75, 3.05) is 0 Å². The number of carbonyl (C=O) groups is 1. The van der Waals surface area contributed by atoms with Gasteiger partial charge in [0.2, 0.25) is 0 Å². The van der Waals surface area contributed by atoms with Crippen LogP contribution >= 0.6 is 0 Å². The van der Waals surface area contributed by atoms with Crippen molar-refractivity contribution in [3.05, 3.63) is 0 Å². The molecule has 0 N–H and O–H groups in total. The van der Waals surface area contributed by atoms with E-state index in [1.54, 1.807) is 0 Å². The van der Waals surface area contributed by atoms with E-state index in [-0.39, 0.29) is 0 Å². The van der Waals surface area contributed by atoms with Crippen LogP contribution in [0.3, 0.4) is 0 Å². The summed E-state index contributed by atoms with van der Waals surface area (Å²) in [7, 11) is 0. The quantitative estimate of drug-likeness (QED) is 0.152. The molecule has 0 bridgehead atoms. The first-order chi connectivity index (χ1) is 18.9. The number of carbonyl (C=O) groups excluding carboxylic acids is 1. The summed E-state index contributed by atoms with van der Waals surface area (Å²) in [6.07, 6.45) is 26.6. The third-order valence-electron chi connectivity index (χ3n) is 5.37. The fraction of sp³-hybridized carbons (Fsp3) is 0.974. The zero-order chi connectivity index (χ0) is 32.0. The topological polar surface area (TPSA) is 17.1 Å². The van der Waals surface area contributed by atoms with Crippen LogP contribution in [0, 0.1) is 5.92 Å². The van der Waals surface area contributed by atoms with Gasteiger partial charge >= 0.3 is 0 Å². The normalized spacial score (nSPS) is 9.51. The zero-order valence-electron chi connectivity index (χ0n) is 31.3. The van der Waals surface area contributed by atoms with Gasteiger partial charge in [-0.15, -0.1) is 0 Å². The number of hydrogen-bond acceptors (Lipinski definition) is 1. The molecule has 1 atom stereocenters. The molecule has 0 saturated heterocycles. The fourth-order valence-electron chi connectivity index (χ4n) is 3.10. The molecule has 0 aliphatic rings. The summed E-state index contributed by atoms with van der Waals surface area (Å²) in [5.74, 6) is 1.44. The van der Waals surface area contributed by atoms with Crippen molar-refractivity contribution in [2.24, 2.45) is 5.92 Å². The van der Waals surface area contributed by atoms with E-state index in [1.165, 1.54) is 109 Å². The number of unbranched alkanes of at least 4 members (excludes halogenated alkanes) is 11. The van der Waals surface area contributed by atoms with Crippen LogP contribution in [0.5, 0.6) is 0 Å². The maximum absolute atomic E-state index is 11.4. The Bertz CT molecular complexity index is 292. The summed E-state index contributed by atoms with van der Waals surface area (Å²) in [5.41, 5.74) is 0. The molecule has 0 saturated carbocycles. The lowest BCUT2D eigenvalue weighted by Crippen LogP contribution is -1.97. The van der Waals surface area contributed by atoms with E-state index in [0.29, 0.717) is 5.78 Å². The summed E-state index contributed by atoms with van der Waals surface area (Å²) in [6.45, 7) is 32.1. The van der Waals surface area contributed by atoms with Gasteiger partial charge < -0.3 is 0 Å². The Balaban J connectivity index is -0.0000000743. The van der Waals surface area contributed by atoms with E-state index >= 15 is 0 Å². The van der Waals surface area contributed by atoms with E-state index in [0.717, 1.165) is 31.6 Å². The Labute approximate surface area is 254 Å². The molecule has 1 nitrogen and oxygen atoms in total. The van der Waals surface area contributed by atoms with Crippen LogP contribution in [0.2, 0.25) is 0 Å². The highest BCUT2D eigenvalue weighted by molar-refractivity contribution is 5.78. The highest BCUT2D eigenvalue weighted by atomic mass is 16.1. The minimum absolute atomic E-state index is 0.485. The van der Waals surface area contributed by atoms with E-state index in [1.807, 2.05) is 27.7 Å². The van der Waals surface area contributed by atoms with Gasteiger partial charge in [-0.05, 0) is 18.8 Å². The zero-order valence-corrected chi connectivity index (χ0v) is 31.3. The lowest BCUT2D eigenvalue weighted by Gasteiger charge is -2.06. The van der Waals surface area contributed by atoms with Crippen molar-refractivity contribution in [2.45, 2.75) is 239 Å². The lowest BCUT2D eigenvalue weighted by atomic mass is 10.0.